The Morgan fingerprint density at radius 3 is 2.48 bits per heavy atom. The molecule has 0 fully saturated rings. The average molecular weight is 394 g/mol. The van der Waals surface area contributed by atoms with Gasteiger partial charge in [-0.15, -0.1) is 0 Å². The number of hydrogen-bond acceptors (Lipinski definition) is 6. The van der Waals surface area contributed by atoms with Crippen LogP contribution in [-0.2, 0) is 9.53 Å². The van der Waals surface area contributed by atoms with Crippen molar-refractivity contribution in [1.29, 1.82) is 0 Å². The van der Waals surface area contributed by atoms with E-state index in [1.54, 1.807) is 36.8 Å². The Morgan fingerprint density at radius 2 is 1.76 bits per heavy atom. The Balaban J connectivity index is 1.54. The molecule has 0 radical (unpaired) electrons. The molecule has 2 aromatic carbocycles. The zero-order valence-corrected chi connectivity index (χ0v) is 15.3. The zero-order valence-electron chi connectivity index (χ0n) is 15.3. The summed E-state index contributed by atoms with van der Waals surface area (Å²) in [5.41, 5.74) is 7.80. The molecule has 4 N–H and O–H groups in total. The number of para-hydroxylation sites is 1. The first-order valence-electron chi connectivity index (χ1n) is 8.61. The monoisotopic (exact) mass is 394 g/mol. The molecule has 0 spiro atoms. The van der Waals surface area contributed by atoms with E-state index in [4.69, 9.17) is 20.0 Å². The third-order valence-electron chi connectivity index (χ3n) is 4.10. The summed E-state index contributed by atoms with van der Waals surface area (Å²) in [5.74, 6) is -2.18. The summed E-state index contributed by atoms with van der Waals surface area (Å²) in [6, 6.07) is 13.1. The molecule has 0 saturated heterocycles. The molecule has 8 nitrogen and oxygen atoms in total. The predicted octanol–water partition coefficient (Wildman–Crippen LogP) is 3.07. The number of nitrogens with two attached hydrogens (primary N) is 1. The second kappa shape index (κ2) is 8.85. The fourth-order valence-corrected chi connectivity index (χ4v) is 2.71. The van der Waals surface area contributed by atoms with Crippen LogP contribution in [0.2, 0.25) is 0 Å². The van der Waals surface area contributed by atoms with Crippen molar-refractivity contribution in [3.05, 3.63) is 72.2 Å². The fraction of sp³-hybridized carbons (Fsp3) is 0.0952. The summed E-state index contributed by atoms with van der Waals surface area (Å²) >= 11 is 0. The number of aromatic carboxylic acids is 1. The number of benzene rings is 2. The van der Waals surface area contributed by atoms with Crippen LogP contribution in [0.25, 0.3) is 11.1 Å². The van der Waals surface area contributed by atoms with Crippen LogP contribution in [0.1, 0.15) is 20.7 Å². The smallest absolute Gasteiger partial charge is 0.337 e. The summed E-state index contributed by atoms with van der Waals surface area (Å²) in [6.07, 6.45) is 3.16. The standard InChI is InChI=1S/C21H18N2O6/c22-20-16(5-2-6-17(20)21(26)27)18(24)11-29-12-19(25)23-15-4-1-3-13(9-15)14-7-8-28-10-14/h1-10H,11-12,22H2,(H,23,25)(H,26,27). The van der Waals surface area contributed by atoms with Crippen LogP contribution in [-0.4, -0.2) is 36.0 Å². The number of ether oxygens (including phenoxy) is 1. The highest BCUT2D eigenvalue weighted by molar-refractivity contribution is 6.06. The van der Waals surface area contributed by atoms with E-state index in [0.29, 0.717) is 5.69 Å². The number of carbonyl (C=O) groups is 3. The minimum Gasteiger partial charge on any atom is -0.478 e. The first-order valence-corrected chi connectivity index (χ1v) is 8.61. The van der Waals surface area contributed by atoms with E-state index in [9.17, 15) is 14.4 Å². The number of nitrogens with one attached hydrogen (secondary N) is 1. The Morgan fingerprint density at radius 1 is 1.00 bits per heavy atom. The van der Waals surface area contributed by atoms with Crippen molar-refractivity contribution < 1.29 is 28.6 Å². The topological polar surface area (TPSA) is 132 Å². The summed E-state index contributed by atoms with van der Waals surface area (Å²) in [7, 11) is 0. The first kappa shape index (κ1) is 19.8. The summed E-state index contributed by atoms with van der Waals surface area (Å²) in [5, 5.41) is 11.7. The van der Waals surface area contributed by atoms with E-state index >= 15 is 0 Å². The lowest BCUT2D eigenvalue weighted by Crippen LogP contribution is -2.21. The lowest BCUT2D eigenvalue weighted by molar-refractivity contribution is -0.120. The van der Waals surface area contributed by atoms with Crippen LogP contribution in [0, 0.1) is 0 Å². The van der Waals surface area contributed by atoms with Gasteiger partial charge in [0.05, 0.1) is 23.8 Å². The van der Waals surface area contributed by atoms with Crippen LogP contribution in [0.15, 0.2) is 65.5 Å². The molecule has 8 heteroatoms. The van der Waals surface area contributed by atoms with Crippen LogP contribution in [0.3, 0.4) is 0 Å². The van der Waals surface area contributed by atoms with E-state index in [2.05, 4.69) is 5.32 Å². The number of nitrogen functional groups attached to an aromatic ring is 1. The Bertz CT molecular complexity index is 1040. The maximum absolute atomic E-state index is 12.2. The van der Waals surface area contributed by atoms with Crippen molar-refractivity contribution in [1.82, 2.24) is 0 Å². The van der Waals surface area contributed by atoms with E-state index in [0.717, 1.165) is 11.1 Å². The maximum atomic E-state index is 12.2. The van der Waals surface area contributed by atoms with Gasteiger partial charge in [-0.1, -0.05) is 18.2 Å². The highest BCUT2D eigenvalue weighted by atomic mass is 16.5. The maximum Gasteiger partial charge on any atom is 0.337 e. The van der Waals surface area contributed by atoms with Crippen LogP contribution in [0.4, 0.5) is 11.4 Å². The molecule has 0 aliphatic carbocycles. The van der Waals surface area contributed by atoms with Crippen molar-refractivity contribution in [3.8, 4) is 11.1 Å². The van der Waals surface area contributed by atoms with Crippen molar-refractivity contribution in [2.45, 2.75) is 0 Å². The molecule has 0 atom stereocenters. The van der Waals surface area contributed by atoms with E-state index in [1.165, 1.54) is 18.2 Å². The van der Waals surface area contributed by atoms with Gasteiger partial charge in [0.15, 0.2) is 5.78 Å². The van der Waals surface area contributed by atoms with Crippen molar-refractivity contribution >= 4 is 29.0 Å². The van der Waals surface area contributed by atoms with Gasteiger partial charge in [-0.2, -0.15) is 0 Å². The largest absolute Gasteiger partial charge is 0.478 e. The third kappa shape index (κ3) is 4.88. The van der Waals surface area contributed by atoms with Crippen molar-refractivity contribution in [2.24, 2.45) is 0 Å². The van der Waals surface area contributed by atoms with Gasteiger partial charge in [-0.05, 0) is 35.9 Å². The minimum absolute atomic E-state index is 0.0399. The van der Waals surface area contributed by atoms with Gasteiger partial charge in [0, 0.05) is 16.8 Å². The van der Waals surface area contributed by atoms with Crippen molar-refractivity contribution in [2.75, 3.05) is 24.3 Å². The number of amides is 1. The second-order valence-corrected chi connectivity index (χ2v) is 6.13. The van der Waals surface area contributed by atoms with Gasteiger partial charge >= 0.3 is 5.97 Å². The molecule has 1 aromatic heterocycles. The number of furan rings is 1. The van der Waals surface area contributed by atoms with Crippen molar-refractivity contribution in [3.63, 3.8) is 0 Å². The molecule has 1 heterocycles. The molecule has 3 aromatic rings. The van der Waals surface area contributed by atoms with Crippen LogP contribution in [0.5, 0.6) is 0 Å². The lowest BCUT2D eigenvalue weighted by Gasteiger charge is -2.09. The average Bonchev–Trinajstić information content (AvgIpc) is 3.23. The first-order chi connectivity index (χ1) is 14.0. The van der Waals surface area contributed by atoms with Gasteiger partial charge in [-0.3, -0.25) is 9.59 Å². The van der Waals surface area contributed by atoms with Gasteiger partial charge in [-0.25, -0.2) is 4.79 Å². The quantitative estimate of drug-likeness (QED) is 0.395. The lowest BCUT2D eigenvalue weighted by atomic mass is 10.0. The highest BCUT2D eigenvalue weighted by Gasteiger charge is 2.16. The Labute approximate surface area is 165 Å². The summed E-state index contributed by atoms with van der Waals surface area (Å²) < 4.78 is 10.2. The van der Waals surface area contributed by atoms with Gasteiger partial charge in [0.2, 0.25) is 5.91 Å². The van der Waals surface area contributed by atoms with Crippen LogP contribution >= 0.6 is 0 Å². The highest BCUT2D eigenvalue weighted by Crippen LogP contribution is 2.23. The number of anilines is 2. The number of rotatable bonds is 8. The molecule has 0 aliphatic rings. The summed E-state index contributed by atoms with van der Waals surface area (Å²) in [4.78, 5) is 35.4. The van der Waals surface area contributed by atoms with E-state index < -0.39 is 24.3 Å². The van der Waals surface area contributed by atoms with Gasteiger partial charge < -0.3 is 25.3 Å². The van der Waals surface area contributed by atoms with Gasteiger partial charge in [0.1, 0.15) is 13.2 Å². The molecule has 1 amide bonds. The van der Waals surface area contributed by atoms with E-state index in [1.807, 2.05) is 6.07 Å². The molecular formula is C21H18N2O6. The number of carbonyl (C=O) groups excluding carboxylic acids is 2. The molecule has 148 valence electrons. The SMILES string of the molecule is Nc1c(C(=O)O)cccc1C(=O)COCC(=O)Nc1cccc(-c2ccoc2)c1. The fourth-order valence-electron chi connectivity index (χ4n) is 2.71. The Hall–Kier alpha value is -3.91. The number of ketones is 1. The molecule has 3 rings (SSSR count). The summed E-state index contributed by atoms with van der Waals surface area (Å²) in [6.45, 7) is -0.754. The number of carboxylic acid groups (broad SMARTS) is 1. The normalized spacial score (nSPS) is 10.5. The molecule has 0 unspecified atom stereocenters. The minimum atomic E-state index is -1.23. The Kier molecular flexibility index (Phi) is 6.06. The third-order valence-corrected chi connectivity index (χ3v) is 4.10. The molecule has 0 saturated carbocycles. The predicted molar refractivity (Wildman–Crippen MR) is 106 cm³/mol. The zero-order chi connectivity index (χ0) is 20.8. The molecular weight excluding hydrogens is 376 g/mol. The second-order valence-electron chi connectivity index (χ2n) is 6.13. The van der Waals surface area contributed by atoms with E-state index in [-0.39, 0.29) is 23.4 Å². The molecule has 29 heavy (non-hydrogen) atoms. The molecule has 0 bridgehead atoms. The number of carboxylic acids is 1. The van der Waals surface area contributed by atoms with Crippen LogP contribution < -0.4 is 11.1 Å². The van der Waals surface area contributed by atoms with Gasteiger partial charge in [0.25, 0.3) is 0 Å². The number of Topliss-reactive ketones (excluding diaryl/α,β-unsaturated/α-hetero) is 1. The number of hydrogen-bond donors (Lipinski definition) is 3. The molecule has 0 aliphatic heterocycles.